The molecule has 0 aliphatic carbocycles. The van der Waals surface area contributed by atoms with Gasteiger partial charge in [0, 0.05) is 25.2 Å². The van der Waals surface area contributed by atoms with Gasteiger partial charge in [0.05, 0.1) is 5.56 Å². The second-order valence-electron chi connectivity index (χ2n) is 5.55. The average Bonchev–Trinajstić information content (AvgIpc) is 2.58. The summed E-state index contributed by atoms with van der Waals surface area (Å²) < 4.78 is 38.0. The quantitative estimate of drug-likeness (QED) is 0.790. The van der Waals surface area contributed by atoms with E-state index in [4.69, 9.17) is 0 Å². The Morgan fingerprint density at radius 2 is 1.77 bits per heavy atom. The number of anilines is 1. The lowest BCUT2D eigenvalue weighted by atomic mass is 10.1. The largest absolute Gasteiger partial charge is 0.416 e. The molecule has 2 rings (SSSR count). The first-order chi connectivity index (χ1) is 12.2. The summed E-state index contributed by atoms with van der Waals surface area (Å²) in [5, 5.41) is 5.16. The van der Waals surface area contributed by atoms with Gasteiger partial charge in [-0.05, 0) is 41.5 Å². The maximum atomic E-state index is 12.7. The van der Waals surface area contributed by atoms with E-state index >= 15 is 0 Å². The molecule has 0 aliphatic rings. The molecular formula is C19H17F3N2O2. The zero-order chi connectivity index (χ0) is 19.2. The normalized spacial score (nSPS) is 11.4. The van der Waals surface area contributed by atoms with Crippen molar-refractivity contribution in [3.63, 3.8) is 0 Å². The summed E-state index contributed by atoms with van der Waals surface area (Å²) in [6.07, 6.45) is -1.55. The second-order valence-corrected chi connectivity index (χ2v) is 5.55. The zero-order valence-electron chi connectivity index (χ0n) is 13.9. The van der Waals surface area contributed by atoms with E-state index in [0.29, 0.717) is 11.3 Å². The number of hydrogen-bond acceptors (Lipinski definition) is 2. The lowest BCUT2D eigenvalue weighted by molar-refractivity contribution is -0.137. The molecule has 0 saturated heterocycles. The molecule has 0 radical (unpaired) electrons. The van der Waals surface area contributed by atoms with Gasteiger partial charge in [0.2, 0.25) is 11.8 Å². The van der Waals surface area contributed by atoms with Gasteiger partial charge >= 0.3 is 6.18 Å². The second kappa shape index (κ2) is 8.33. The van der Waals surface area contributed by atoms with Gasteiger partial charge in [0.25, 0.3) is 0 Å². The van der Waals surface area contributed by atoms with Crippen molar-refractivity contribution in [1.29, 1.82) is 0 Å². The third-order valence-electron chi connectivity index (χ3n) is 3.38. The molecule has 0 unspecified atom stereocenters. The fraction of sp³-hybridized carbons (Fsp3) is 0.158. The van der Waals surface area contributed by atoms with Gasteiger partial charge in [-0.25, -0.2) is 0 Å². The third kappa shape index (κ3) is 6.08. The Morgan fingerprint density at radius 3 is 2.38 bits per heavy atom. The van der Waals surface area contributed by atoms with Crippen LogP contribution in [0.4, 0.5) is 18.9 Å². The zero-order valence-corrected chi connectivity index (χ0v) is 13.9. The van der Waals surface area contributed by atoms with Crippen LogP contribution in [0.15, 0.2) is 54.6 Å². The molecular weight excluding hydrogens is 345 g/mol. The molecule has 26 heavy (non-hydrogen) atoms. The predicted molar refractivity (Wildman–Crippen MR) is 93.1 cm³/mol. The Balaban J connectivity index is 1.90. The highest BCUT2D eigenvalue weighted by Gasteiger charge is 2.30. The first-order valence-electron chi connectivity index (χ1n) is 7.74. The number of halogens is 3. The van der Waals surface area contributed by atoms with Crippen molar-refractivity contribution in [2.45, 2.75) is 19.6 Å². The summed E-state index contributed by atoms with van der Waals surface area (Å²) in [6.45, 7) is 1.40. The SMILES string of the molecule is CC(=O)Nc1ccc(/C=C/C(=O)NCc2cccc(C(F)(F)F)c2)cc1. The summed E-state index contributed by atoms with van der Waals surface area (Å²) in [5.74, 6) is -0.601. The van der Waals surface area contributed by atoms with Crippen molar-refractivity contribution in [2.75, 3.05) is 5.32 Å². The van der Waals surface area contributed by atoms with Crippen LogP contribution in [0.5, 0.6) is 0 Å². The van der Waals surface area contributed by atoms with Crippen LogP contribution in [-0.2, 0) is 22.3 Å². The van der Waals surface area contributed by atoms with Crippen LogP contribution in [0.25, 0.3) is 6.08 Å². The minimum Gasteiger partial charge on any atom is -0.348 e. The summed E-state index contributed by atoms with van der Waals surface area (Å²) in [7, 11) is 0. The molecule has 0 aromatic heterocycles. The predicted octanol–water partition coefficient (Wildman–Crippen LogP) is 3.99. The van der Waals surface area contributed by atoms with E-state index in [9.17, 15) is 22.8 Å². The van der Waals surface area contributed by atoms with Crippen LogP contribution >= 0.6 is 0 Å². The van der Waals surface area contributed by atoms with Gasteiger partial charge in [-0.2, -0.15) is 13.2 Å². The van der Waals surface area contributed by atoms with Crippen LogP contribution in [0.1, 0.15) is 23.6 Å². The minimum atomic E-state index is -4.41. The topological polar surface area (TPSA) is 58.2 Å². The van der Waals surface area contributed by atoms with Gasteiger partial charge in [-0.3, -0.25) is 9.59 Å². The number of nitrogens with one attached hydrogen (secondary N) is 2. The van der Waals surface area contributed by atoms with Crippen molar-refractivity contribution >= 4 is 23.6 Å². The van der Waals surface area contributed by atoms with E-state index in [2.05, 4.69) is 10.6 Å². The van der Waals surface area contributed by atoms with E-state index in [1.165, 1.54) is 25.1 Å². The highest BCUT2D eigenvalue weighted by atomic mass is 19.4. The molecule has 136 valence electrons. The molecule has 0 spiro atoms. The summed E-state index contributed by atoms with van der Waals surface area (Å²) >= 11 is 0. The van der Waals surface area contributed by atoms with E-state index in [0.717, 1.165) is 17.7 Å². The van der Waals surface area contributed by atoms with Gasteiger partial charge < -0.3 is 10.6 Å². The smallest absolute Gasteiger partial charge is 0.348 e. The number of hydrogen-bond donors (Lipinski definition) is 2. The Kier molecular flexibility index (Phi) is 6.16. The van der Waals surface area contributed by atoms with Crippen molar-refractivity contribution in [3.8, 4) is 0 Å². The summed E-state index contributed by atoms with van der Waals surface area (Å²) in [5.41, 5.74) is 0.997. The van der Waals surface area contributed by atoms with Gasteiger partial charge in [0.15, 0.2) is 0 Å². The lowest BCUT2D eigenvalue weighted by Crippen LogP contribution is -2.20. The van der Waals surface area contributed by atoms with Crippen molar-refractivity contribution < 1.29 is 22.8 Å². The highest BCUT2D eigenvalue weighted by Crippen LogP contribution is 2.29. The molecule has 0 bridgehead atoms. The Morgan fingerprint density at radius 1 is 1.08 bits per heavy atom. The summed E-state index contributed by atoms with van der Waals surface area (Å²) in [4.78, 5) is 22.7. The van der Waals surface area contributed by atoms with Crippen LogP contribution in [0, 0.1) is 0 Å². The highest BCUT2D eigenvalue weighted by molar-refractivity contribution is 5.92. The monoisotopic (exact) mass is 362 g/mol. The minimum absolute atomic E-state index is 0.00539. The number of carbonyl (C=O) groups is 2. The molecule has 0 heterocycles. The van der Waals surface area contributed by atoms with Crippen molar-refractivity contribution in [1.82, 2.24) is 5.32 Å². The van der Waals surface area contributed by atoms with Crippen LogP contribution in [0.2, 0.25) is 0 Å². The third-order valence-corrected chi connectivity index (χ3v) is 3.38. The first-order valence-corrected chi connectivity index (χ1v) is 7.74. The number of amides is 2. The Bertz CT molecular complexity index is 812. The molecule has 2 amide bonds. The van der Waals surface area contributed by atoms with E-state index in [-0.39, 0.29) is 12.5 Å². The standard InChI is InChI=1S/C19H17F3N2O2/c1-13(25)24-17-8-5-14(6-9-17)7-10-18(26)23-12-15-3-2-4-16(11-15)19(20,21)22/h2-11H,12H2,1H3,(H,23,26)(H,24,25)/b10-7+. The van der Waals surface area contributed by atoms with Crippen molar-refractivity contribution in [2.24, 2.45) is 0 Å². The fourth-order valence-corrected chi connectivity index (χ4v) is 2.16. The van der Waals surface area contributed by atoms with Gasteiger partial charge in [-0.15, -0.1) is 0 Å². The average molecular weight is 362 g/mol. The Hall–Kier alpha value is -3.09. The first kappa shape index (κ1) is 19.2. The lowest BCUT2D eigenvalue weighted by Gasteiger charge is -2.09. The van der Waals surface area contributed by atoms with Gasteiger partial charge in [-0.1, -0.05) is 24.3 Å². The van der Waals surface area contributed by atoms with Crippen molar-refractivity contribution in [3.05, 3.63) is 71.3 Å². The van der Waals surface area contributed by atoms with Crippen LogP contribution in [0.3, 0.4) is 0 Å². The molecule has 2 N–H and O–H groups in total. The molecule has 0 saturated carbocycles. The number of rotatable bonds is 5. The maximum Gasteiger partial charge on any atom is 0.416 e. The Labute approximate surface area is 148 Å². The summed E-state index contributed by atoms with van der Waals surface area (Å²) in [6, 6.07) is 11.6. The molecule has 7 heteroatoms. The number of carbonyl (C=O) groups excluding carboxylic acids is 2. The molecule has 2 aromatic carbocycles. The number of benzene rings is 2. The number of alkyl halides is 3. The van der Waals surface area contributed by atoms with E-state index < -0.39 is 17.6 Å². The molecule has 0 fully saturated rings. The molecule has 0 atom stereocenters. The van der Waals surface area contributed by atoms with E-state index in [1.807, 2.05) is 0 Å². The van der Waals surface area contributed by atoms with Crippen LogP contribution < -0.4 is 10.6 Å². The maximum absolute atomic E-state index is 12.7. The van der Waals surface area contributed by atoms with Crippen LogP contribution in [-0.4, -0.2) is 11.8 Å². The molecule has 0 aliphatic heterocycles. The van der Waals surface area contributed by atoms with Gasteiger partial charge in [0.1, 0.15) is 0 Å². The molecule has 4 nitrogen and oxygen atoms in total. The fourth-order valence-electron chi connectivity index (χ4n) is 2.16. The van der Waals surface area contributed by atoms with E-state index in [1.54, 1.807) is 30.3 Å². The molecule has 2 aromatic rings.